The number of rotatable bonds is 5. The summed E-state index contributed by atoms with van der Waals surface area (Å²) in [5.41, 5.74) is 4.19. The van der Waals surface area contributed by atoms with Crippen molar-refractivity contribution in [3.63, 3.8) is 0 Å². The van der Waals surface area contributed by atoms with Gasteiger partial charge in [0.05, 0.1) is 5.25 Å². The molecule has 0 bridgehead atoms. The molecule has 0 unspecified atom stereocenters. The van der Waals surface area contributed by atoms with Gasteiger partial charge in [0.2, 0.25) is 5.91 Å². The van der Waals surface area contributed by atoms with Gasteiger partial charge in [-0.05, 0) is 47.2 Å². The molecule has 0 spiro atoms. The molecule has 1 aliphatic heterocycles. The van der Waals surface area contributed by atoms with Crippen molar-refractivity contribution in [2.45, 2.75) is 11.2 Å². The van der Waals surface area contributed by atoms with Gasteiger partial charge >= 0.3 is 0 Å². The molecule has 2 nitrogen and oxygen atoms in total. The van der Waals surface area contributed by atoms with Crippen molar-refractivity contribution in [3.05, 3.63) is 119 Å². The van der Waals surface area contributed by atoms with Gasteiger partial charge in [-0.1, -0.05) is 84.4 Å². The zero-order chi connectivity index (χ0) is 20.9. The minimum absolute atomic E-state index is 0.0165. The SMILES string of the molecule is CS[C@H]1C(=O)N(c2ccc(Cl)cc2)C=C(/C=C/c2ccccc2)[C@@H]1c1ccccc1. The predicted octanol–water partition coefficient (Wildman–Crippen LogP) is 6.80. The van der Waals surface area contributed by atoms with Gasteiger partial charge in [-0.2, -0.15) is 11.8 Å². The average molecular weight is 432 g/mol. The largest absolute Gasteiger partial charge is 0.287 e. The minimum Gasteiger partial charge on any atom is -0.287 e. The monoisotopic (exact) mass is 431 g/mol. The Labute approximate surface area is 186 Å². The fourth-order valence-electron chi connectivity index (χ4n) is 3.72. The number of thioether (sulfide) groups is 1. The van der Waals surface area contributed by atoms with Crippen molar-refractivity contribution in [1.82, 2.24) is 0 Å². The number of anilines is 1. The molecular formula is C26H22ClNOS. The fraction of sp³-hybridized carbons (Fsp3) is 0.115. The number of hydrogen-bond donors (Lipinski definition) is 0. The summed E-state index contributed by atoms with van der Waals surface area (Å²) in [7, 11) is 0. The van der Waals surface area contributed by atoms with Gasteiger partial charge in [0.25, 0.3) is 0 Å². The fourth-order valence-corrected chi connectivity index (χ4v) is 4.75. The molecule has 4 rings (SSSR count). The summed E-state index contributed by atoms with van der Waals surface area (Å²) in [5.74, 6) is 0.0627. The number of hydrogen-bond acceptors (Lipinski definition) is 2. The second-order valence-corrected chi connectivity index (χ2v) is 8.52. The van der Waals surface area contributed by atoms with Crippen molar-refractivity contribution >= 4 is 41.0 Å². The minimum atomic E-state index is -0.219. The smallest absolute Gasteiger partial charge is 0.245 e. The third-order valence-corrected chi connectivity index (χ3v) is 6.44. The lowest BCUT2D eigenvalue weighted by Crippen LogP contribution is -2.42. The molecule has 0 aromatic heterocycles. The van der Waals surface area contributed by atoms with E-state index >= 15 is 0 Å². The molecule has 0 aliphatic carbocycles. The zero-order valence-electron chi connectivity index (χ0n) is 16.6. The van der Waals surface area contributed by atoms with Crippen LogP contribution >= 0.6 is 23.4 Å². The summed E-state index contributed by atoms with van der Waals surface area (Å²) in [6.07, 6.45) is 8.21. The molecule has 0 saturated carbocycles. The lowest BCUT2D eigenvalue weighted by molar-refractivity contribution is -0.118. The Kier molecular flexibility index (Phi) is 6.41. The molecule has 0 N–H and O–H groups in total. The predicted molar refractivity (Wildman–Crippen MR) is 129 cm³/mol. The quantitative estimate of drug-likeness (QED) is 0.442. The third kappa shape index (κ3) is 4.38. The summed E-state index contributed by atoms with van der Waals surface area (Å²) in [6.45, 7) is 0. The van der Waals surface area contributed by atoms with E-state index in [0.29, 0.717) is 5.02 Å². The van der Waals surface area contributed by atoms with Crippen LogP contribution in [0, 0.1) is 0 Å². The van der Waals surface area contributed by atoms with Crippen molar-refractivity contribution in [2.24, 2.45) is 0 Å². The summed E-state index contributed by atoms with van der Waals surface area (Å²) in [6, 6.07) is 27.9. The number of nitrogens with zero attached hydrogens (tertiary/aromatic N) is 1. The average Bonchev–Trinajstić information content (AvgIpc) is 2.80. The van der Waals surface area contributed by atoms with Gasteiger partial charge in [-0.3, -0.25) is 9.69 Å². The third-order valence-electron chi connectivity index (χ3n) is 5.21. The molecule has 1 heterocycles. The first-order chi connectivity index (χ1) is 14.7. The van der Waals surface area contributed by atoms with Crippen molar-refractivity contribution in [1.29, 1.82) is 0 Å². The van der Waals surface area contributed by atoms with Gasteiger partial charge < -0.3 is 0 Å². The molecule has 3 aromatic rings. The van der Waals surface area contributed by atoms with E-state index < -0.39 is 0 Å². The Balaban J connectivity index is 1.81. The van der Waals surface area contributed by atoms with Gasteiger partial charge in [-0.25, -0.2) is 0 Å². The zero-order valence-corrected chi connectivity index (χ0v) is 18.2. The summed E-state index contributed by atoms with van der Waals surface area (Å²) in [5, 5.41) is 0.434. The van der Waals surface area contributed by atoms with Crippen molar-refractivity contribution < 1.29 is 4.79 Å². The Morgan fingerprint density at radius 2 is 1.50 bits per heavy atom. The lowest BCUT2D eigenvalue weighted by atomic mass is 9.85. The van der Waals surface area contributed by atoms with E-state index in [9.17, 15) is 4.79 Å². The molecule has 150 valence electrons. The van der Waals surface area contributed by atoms with Crippen LogP contribution in [0.2, 0.25) is 5.02 Å². The summed E-state index contributed by atoms with van der Waals surface area (Å²) >= 11 is 7.65. The van der Waals surface area contributed by atoms with E-state index in [0.717, 1.165) is 22.4 Å². The maximum Gasteiger partial charge on any atom is 0.245 e. The highest BCUT2D eigenvalue weighted by molar-refractivity contribution is 8.00. The number of allylic oxidation sites excluding steroid dienone is 2. The van der Waals surface area contributed by atoms with Crippen LogP contribution in [0.15, 0.2) is 103 Å². The van der Waals surface area contributed by atoms with Crippen LogP contribution in [0.5, 0.6) is 0 Å². The molecule has 1 aliphatic rings. The Morgan fingerprint density at radius 1 is 0.867 bits per heavy atom. The van der Waals surface area contributed by atoms with E-state index in [4.69, 9.17) is 11.6 Å². The maximum atomic E-state index is 13.4. The van der Waals surface area contributed by atoms with E-state index in [1.165, 1.54) is 0 Å². The molecule has 1 amide bonds. The number of halogens is 1. The van der Waals surface area contributed by atoms with Crippen LogP contribution in [0.4, 0.5) is 5.69 Å². The van der Waals surface area contributed by atoms with Crippen molar-refractivity contribution in [2.75, 3.05) is 11.2 Å². The molecule has 3 aromatic carbocycles. The second-order valence-electron chi connectivity index (χ2n) is 7.10. The molecule has 4 heteroatoms. The number of amides is 1. The van der Waals surface area contributed by atoms with Crippen molar-refractivity contribution in [3.8, 4) is 0 Å². The molecule has 0 radical (unpaired) electrons. The summed E-state index contributed by atoms with van der Waals surface area (Å²) < 4.78 is 0. The number of carbonyl (C=O) groups excluding carboxylic acids is 1. The van der Waals surface area contributed by atoms with E-state index in [-0.39, 0.29) is 17.1 Å². The number of carbonyl (C=O) groups is 1. The van der Waals surface area contributed by atoms with E-state index in [1.807, 2.05) is 73.1 Å². The molecule has 2 atom stereocenters. The van der Waals surface area contributed by atoms with Crippen LogP contribution in [0.1, 0.15) is 17.0 Å². The normalized spacial score (nSPS) is 19.2. The van der Waals surface area contributed by atoms with E-state index in [1.54, 1.807) is 16.7 Å². The van der Waals surface area contributed by atoms with Gasteiger partial charge in [-0.15, -0.1) is 0 Å². The molecule has 0 saturated heterocycles. The highest BCUT2D eigenvalue weighted by atomic mass is 35.5. The topological polar surface area (TPSA) is 20.3 Å². The van der Waals surface area contributed by atoms with Crippen LogP contribution in [-0.2, 0) is 4.79 Å². The van der Waals surface area contributed by atoms with Gasteiger partial charge in [0.15, 0.2) is 0 Å². The Bertz CT molecular complexity index is 1060. The first-order valence-electron chi connectivity index (χ1n) is 9.78. The standard InChI is InChI=1S/C26H22ClNOS/c1-30-25-24(20-10-6-3-7-11-20)21(13-12-19-8-4-2-5-9-19)18-28(26(25)29)23-16-14-22(27)15-17-23/h2-18,24-25H,1H3/b13-12+/t24-,25+/m0/s1. The molecule has 30 heavy (non-hydrogen) atoms. The van der Waals surface area contributed by atoms with Crippen LogP contribution in [0.25, 0.3) is 6.08 Å². The molecular weight excluding hydrogens is 410 g/mol. The Hall–Kier alpha value is -2.75. The van der Waals surface area contributed by atoms with E-state index in [2.05, 4.69) is 36.4 Å². The summed E-state index contributed by atoms with van der Waals surface area (Å²) in [4.78, 5) is 15.2. The second kappa shape index (κ2) is 9.38. The van der Waals surface area contributed by atoms with Crippen LogP contribution < -0.4 is 4.90 Å². The van der Waals surface area contributed by atoms with Gasteiger partial charge in [0.1, 0.15) is 0 Å². The highest BCUT2D eigenvalue weighted by Crippen LogP contribution is 2.40. The highest BCUT2D eigenvalue weighted by Gasteiger charge is 2.38. The van der Waals surface area contributed by atoms with Crippen LogP contribution in [0.3, 0.4) is 0 Å². The lowest BCUT2D eigenvalue weighted by Gasteiger charge is -2.36. The number of benzene rings is 3. The van der Waals surface area contributed by atoms with Crippen LogP contribution in [-0.4, -0.2) is 17.4 Å². The van der Waals surface area contributed by atoms with Gasteiger partial charge in [0, 0.05) is 22.8 Å². The first-order valence-corrected chi connectivity index (χ1v) is 11.4. The first kappa shape index (κ1) is 20.5. The molecule has 0 fully saturated rings. The maximum absolute atomic E-state index is 13.4. The Morgan fingerprint density at radius 3 is 2.13 bits per heavy atom.